The van der Waals surface area contributed by atoms with Gasteiger partial charge in [-0.15, -0.1) is 11.6 Å². The molecule has 0 N–H and O–H groups in total. The second-order valence-electron chi connectivity index (χ2n) is 4.44. The summed E-state index contributed by atoms with van der Waals surface area (Å²) in [5.74, 6) is 0.591. The molecule has 0 heterocycles. The van der Waals surface area contributed by atoms with Crippen molar-refractivity contribution in [1.82, 2.24) is 0 Å². The van der Waals surface area contributed by atoms with Crippen LogP contribution in [0.25, 0.3) is 0 Å². The minimum Gasteiger partial charge on any atom is -0.122 e. The Kier molecular flexibility index (Phi) is 3.86. The molecule has 0 aromatic heterocycles. The van der Waals surface area contributed by atoms with Crippen LogP contribution in [0.15, 0.2) is 42.5 Å². The minimum absolute atomic E-state index is 0.591. The molecule has 0 aliphatic rings. The van der Waals surface area contributed by atoms with Gasteiger partial charge in [0.2, 0.25) is 0 Å². The maximum atomic E-state index is 5.94. The Bertz CT molecular complexity index is 515. The zero-order valence-corrected chi connectivity index (χ0v) is 11.1. The zero-order valence-electron chi connectivity index (χ0n) is 10.3. The Hall–Kier alpha value is -1.27. The van der Waals surface area contributed by atoms with Crippen molar-refractivity contribution in [2.45, 2.75) is 26.1 Å². The van der Waals surface area contributed by atoms with E-state index >= 15 is 0 Å². The molecule has 2 aromatic rings. The maximum absolute atomic E-state index is 5.94. The monoisotopic (exact) mass is 244 g/mol. The Morgan fingerprint density at radius 3 is 2.18 bits per heavy atom. The fraction of sp³-hybridized carbons (Fsp3) is 0.250. The molecule has 0 spiro atoms. The maximum Gasteiger partial charge on any atom is 0.0476 e. The van der Waals surface area contributed by atoms with Crippen LogP contribution in [0.2, 0.25) is 0 Å². The highest BCUT2D eigenvalue weighted by Gasteiger charge is 2.05. The van der Waals surface area contributed by atoms with Gasteiger partial charge in [0.25, 0.3) is 0 Å². The van der Waals surface area contributed by atoms with Crippen LogP contribution in [-0.4, -0.2) is 0 Å². The summed E-state index contributed by atoms with van der Waals surface area (Å²) < 4.78 is 0. The van der Waals surface area contributed by atoms with E-state index in [9.17, 15) is 0 Å². The second kappa shape index (κ2) is 5.37. The first-order valence-corrected chi connectivity index (χ1v) is 6.43. The summed E-state index contributed by atoms with van der Waals surface area (Å²) in [5.41, 5.74) is 6.67. The molecule has 0 atom stereocenters. The summed E-state index contributed by atoms with van der Waals surface area (Å²) in [6.07, 6.45) is 0.989. The highest BCUT2D eigenvalue weighted by Crippen LogP contribution is 2.20. The van der Waals surface area contributed by atoms with E-state index in [2.05, 4.69) is 56.3 Å². The predicted octanol–water partition coefficient (Wildman–Crippen LogP) is 4.63. The van der Waals surface area contributed by atoms with E-state index in [4.69, 9.17) is 11.6 Å². The van der Waals surface area contributed by atoms with Gasteiger partial charge in [0.15, 0.2) is 0 Å². The Morgan fingerprint density at radius 2 is 1.47 bits per heavy atom. The number of alkyl halides is 1. The van der Waals surface area contributed by atoms with Crippen LogP contribution in [0.5, 0.6) is 0 Å². The van der Waals surface area contributed by atoms with E-state index in [0.717, 1.165) is 6.42 Å². The molecule has 17 heavy (non-hydrogen) atoms. The van der Waals surface area contributed by atoms with Crippen molar-refractivity contribution in [2.24, 2.45) is 0 Å². The fourth-order valence-electron chi connectivity index (χ4n) is 2.09. The number of hydrogen-bond acceptors (Lipinski definition) is 0. The van der Waals surface area contributed by atoms with Crippen LogP contribution in [0.4, 0.5) is 0 Å². The average molecular weight is 245 g/mol. The number of aryl methyl sites for hydroxylation is 1. The minimum atomic E-state index is 0.591. The molecule has 1 heteroatoms. The standard InChI is InChI=1S/C16H17Cl/c1-12-6-3-4-7-14(12)10-15-8-5-9-16(11-17)13(15)2/h3-9H,10-11H2,1-2H3. The molecule has 0 saturated carbocycles. The van der Waals surface area contributed by atoms with Gasteiger partial charge in [0, 0.05) is 5.88 Å². The predicted molar refractivity (Wildman–Crippen MR) is 74.7 cm³/mol. The molecule has 88 valence electrons. The third kappa shape index (κ3) is 2.70. The molecule has 0 saturated heterocycles. The van der Waals surface area contributed by atoms with Crippen molar-refractivity contribution < 1.29 is 0 Å². The van der Waals surface area contributed by atoms with Crippen molar-refractivity contribution >= 4 is 11.6 Å². The van der Waals surface area contributed by atoms with Crippen molar-refractivity contribution in [3.8, 4) is 0 Å². The summed E-state index contributed by atoms with van der Waals surface area (Å²) in [6, 6.07) is 14.9. The first-order valence-electron chi connectivity index (χ1n) is 5.90. The van der Waals surface area contributed by atoms with E-state index in [1.165, 1.54) is 27.8 Å². The molecular formula is C16H17Cl. The summed E-state index contributed by atoms with van der Waals surface area (Å²) in [6.45, 7) is 4.32. The van der Waals surface area contributed by atoms with Crippen LogP contribution in [0, 0.1) is 13.8 Å². The van der Waals surface area contributed by atoms with Gasteiger partial charge in [-0.05, 0) is 48.1 Å². The second-order valence-corrected chi connectivity index (χ2v) is 4.71. The van der Waals surface area contributed by atoms with E-state index in [0.29, 0.717) is 5.88 Å². The normalized spacial score (nSPS) is 10.5. The first-order chi connectivity index (χ1) is 8.22. The summed E-state index contributed by atoms with van der Waals surface area (Å²) in [7, 11) is 0. The molecule has 0 radical (unpaired) electrons. The van der Waals surface area contributed by atoms with Gasteiger partial charge in [-0.25, -0.2) is 0 Å². The number of hydrogen-bond donors (Lipinski definition) is 0. The largest absolute Gasteiger partial charge is 0.122 e. The summed E-state index contributed by atoms with van der Waals surface area (Å²) >= 11 is 5.94. The Balaban J connectivity index is 2.34. The number of rotatable bonds is 3. The molecule has 0 amide bonds. The van der Waals surface area contributed by atoms with Crippen LogP contribution in [0.1, 0.15) is 27.8 Å². The first kappa shape index (κ1) is 12.2. The van der Waals surface area contributed by atoms with Gasteiger partial charge in [0.1, 0.15) is 0 Å². The summed E-state index contributed by atoms with van der Waals surface area (Å²) in [5, 5.41) is 0. The van der Waals surface area contributed by atoms with Crippen LogP contribution < -0.4 is 0 Å². The van der Waals surface area contributed by atoms with Gasteiger partial charge < -0.3 is 0 Å². The van der Waals surface area contributed by atoms with Crippen LogP contribution >= 0.6 is 11.6 Å². The van der Waals surface area contributed by atoms with Gasteiger partial charge in [-0.3, -0.25) is 0 Å². The topological polar surface area (TPSA) is 0 Å². The molecule has 0 aliphatic heterocycles. The molecule has 2 aromatic carbocycles. The fourth-order valence-corrected chi connectivity index (χ4v) is 2.38. The molecule has 0 nitrogen and oxygen atoms in total. The molecule has 0 unspecified atom stereocenters. The molecule has 2 rings (SSSR count). The third-order valence-electron chi connectivity index (χ3n) is 3.34. The van der Waals surface area contributed by atoms with Crippen LogP contribution in [-0.2, 0) is 12.3 Å². The zero-order chi connectivity index (χ0) is 12.3. The Morgan fingerprint density at radius 1 is 0.824 bits per heavy atom. The van der Waals surface area contributed by atoms with E-state index in [1.807, 2.05) is 0 Å². The number of benzene rings is 2. The van der Waals surface area contributed by atoms with Crippen LogP contribution in [0.3, 0.4) is 0 Å². The average Bonchev–Trinajstić information content (AvgIpc) is 2.34. The van der Waals surface area contributed by atoms with E-state index < -0.39 is 0 Å². The smallest absolute Gasteiger partial charge is 0.0476 e. The molecular weight excluding hydrogens is 228 g/mol. The van der Waals surface area contributed by atoms with Gasteiger partial charge >= 0.3 is 0 Å². The molecule has 0 fully saturated rings. The van der Waals surface area contributed by atoms with Gasteiger partial charge in [-0.1, -0.05) is 42.5 Å². The lowest BCUT2D eigenvalue weighted by atomic mass is 9.95. The third-order valence-corrected chi connectivity index (χ3v) is 3.63. The SMILES string of the molecule is Cc1ccccc1Cc1cccc(CCl)c1C. The van der Waals surface area contributed by atoms with Crippen molar-refractivity contribution in [3.05, 3.63) is 70.3 Å². The van der Waals surface area contributed by atoms with Gasteiger partial charge in [-0.2, -0.15) is 0 Å². The quantitative estimate of drug-likeness (QED) is 0.691. The Labute approximate surface area is 108 Å². The van der Waals surface area contributed by atoms with Crippen molar-refractivity contribution in [2.75, 3.05) is 0 Å². The van der Waals surface area contributed by atoms with Crippen molar-refractivity contribution in [1.29, 1.82) is 0 Å². The lowest BCUT2D eigenvalue weighted by Gasteiger charge is -2.11. The summed E-state index contributed by atoms with van der Waals surface area (Å²) in [4.78, 5) is 0. The lowest BCUT2D eigenvalue weighted by molar-refractivity contribution is 1.11. The highest BCUT2D eigenvalue weighted by atomic mass is 35.5. The lowest BCUT2D eigenvalue weighted by Crippen LogP contribution is -1.97. The molecule has 0 aliphatic carbocycles. The molecule has 0 bridgehead atoms. The van der Waals surface area contributed by atoms with Crippen molar-refractivity contribution in [3.63, 3.8) is 0 Å². The van der Waals surface area contributed by atoms with Gasteiger partial charge in [0.05, 0.1) is 0 Å². The highest BCUT2D eigenvalue weighted by molar-refractivity contribution is 6.17. The van der Waals surface area contributed by atoms with E-state index in [1.54, 1.807) is 0 Å². The number of halogens is 1. The van der Waals surface area contributed by atoms with E-state index in [-0.39, 0.29) is 0 Å².